The number of nitrogens with zero attached hydrogens (tertiary/aromatic N) is 2. The molecule has 2 aliphatic rings. The maximum absolute atomic E-state index is 13.8. The first-order chi connectivity index (χ1) is 18.4. The van der Waals surface area contributed by atoms with E-state index in [2.05, 4.69) is 28.1 Å². The van der Waals surface area contributed by atoms with Crippen molar-refractivity contribution in [1.82, 2.24) is 9.88 Å². The van der Waals surface area contributed by atoms with Crippen LogP contribution >= 0.6 is 0 Å². The molecule has 39 heavy (non-hydrogen) atoms. The normalized spacial score (nSPS) is 18.6. The monoisotopic (exact) mass is 536 g/mol. The molecule has 8 heteroatoms. The van der Waals surface area contributed by atoms with Gasteiger partial charge in [-0.3, -0.25) is 5.41 Å². The number of hydrogen-bond donors (Lipinski definition) is 3. The van der Waals surface area contributed by atoms with Gasteiger partial charge in [0.1, 0.15) is 5.82 Å². The Balaban J connectivity index is 1.44. The fourth-order valence-electron chi connectivity index (χ4n) is 6.00. The highest BCUT2D eigenvalue weighted by Crippen LogP contribution is 2.38. The number of nitrogens with two attached hydrogens (primary N) is 1. The molecule has 0 radical (unpaired) electrons. The SMILES string of the molecule is CC(C)(O)c1ccc(C(=N)c2cc(-c3ccc4c(c3)CCC(N3CCCC3)CC4)cnc2N)cc1C(F)(F)F. The summed E-state index contributed by atoms with van der Waals surface area (Å²) in [6, 6.07) is 12.3. The predicted molar refractivity (Wildman–Crippen MR) is 148 cm³/mol. The quantitative estimate of drug-likeness (QED) is 0.263. The zero-order chi connectivity index (χ0) is 27.9. The van der Waals surface area contributed by atoms with Gasteiger partial charge in [0.2, 0.25) is 0 Å². The van der Waals surface area contributed by atoms with E-state index in [1.54, 1.807) is 12.3 Å². The molecule has 1 fully saturated rings. The summed E-state index contributed by atoms with van der Waals surface area (Å²) >= 11 is 0. The molecule has 2 heterocycles. The maximum atomic E-state index is 13.8. The van der Waals surface area contributed by atoms with Gasteiger partial charge >= 0.3 is 6.18 Å². The van der Waals surface area contributed by atoms with Crippen LogP contribution in [0.1, 0.15) is 72.9 Å². The summed E-state index contributed by atoms with van der Waals surface area (Å²) < 4.78 is 41.5. The number of nitrogen functional groups attached to an aromatic ring is 1. The number of aliphatic hydroxyl groups is 1. The number of benzene rings is 2. The summed E-state index contributed by atoms with van der Waals surface area (Å²) in [6.07, 6.45) is 3.89. The molecule has 1 aliphatic heterocycles. The van der Waals surface area contributed by atoms with E-state index in [0.717, 1.165) is 36.5 Å². The number of likely N-dealkylation sites (tertiary alicyclic amines) is 1. The molecule has 0 amide bonds. The second-order valence-corrected chi connectivity index (χ2v) is 11.3. The van der Waals surface area contributed by atoms with Crippen LogP contribution in [0, 0.1) is 5.41 Å². The molecule has 1 atom stereocenters. The molecule has 0 saturated carbocycles. The van der Waals surface area contributed by atoms with Crippen LogP contribution in [0.25, 0.3) is 11.1 Å². The van der Waals surface area contributed by atoms with Gasteiger partial charge in [-0.25, -0.2) is 4.98 Å². The lowest BCUT2D eigenvalue weighted by atomic mass is 9.89. The number of nitrogens with one attached hydrogen (secondary N) is 1. The van der Waals surface area contributed by atoms with Crippen LogP contribution < -0.4 is 5.73 Å². The molecule has 3 aromatic rings. The van der Waals surface area contributed by atoms with E-state index >= 15 is 0 Å². The third-order valence-corrected chi connectivity index (χ3v) is 8.15. The highest BCUT2D eigenvalue weighted by molar-refractivity contribution is 6.14. The van der Waals surface area contributed by atoms with Gasteiger partial charge in [-0.15, -0.1) is 0 Å². The van der Waals surface area contributed by atoms with Crippen molar-refractivity contribution in [2.75, 3.05) is 18.8 Å². The fourth-order valence-corrected chi connectivity index (χ4v) is 6.00. The molecule has 1 aromatic heterocycles. The van der Waals surface area contributed by atoms with Gasteiger partial charge < -0.3 is 15.7 Å². The third kappa shape index (κ3) is 5.72. The minimum atomic E-state index is -4.69. The standard InChI is InChI=1S/C31H35F3N4O/c1-30(2,39)26-12-9-22(17-27(26)31(32,33)34)28(35)25-16-23(18-37-29(25)36)21-6-5-19-7-10-24(11-8-20(19)15-21)38-13-3-4-14-38/h5-6,9,12,15-18,24,35,39H,3-4,7-8,10-11,13-14H2,1-2H3,(H2,36,37). The molecular weight excluding hydrogens is 501 g/mol. The van der Waals surface area contributed by atoms with E-state index in [-0.39, 0.29) is 28.2 Å². The van der Waals surface area contributed by atoms with E-state index in [1.807, 2.05) is 0 Å². The largest absolute Gasteiger partial charge is 0.416 e. The Morgan fingerprint density at radius 3 is 2.31 bits per heavy atom. The summed E-state index contributed by atoms with van der Waals surface area (Å²) in [4.78, 5) is 6.92. The van der Waals surface area contributed by atoms with Crippen LogP contribution in [0.2, 0.25) is 0 Å². The van der Waals surface area contributed by atoms with Gasteiger partial charge in [0, 0.05) is 28.9 Å². The van der Waals surface area contributed by atoms with Crippen molar-refractivity contribution in [3.05, 3.63) is 82.0 Å². The van der Waals surface area contributed by atoms with Gasteiger partial charge in [0.25, 0.3) is 0 Å². The smallest absolute Gasteiger partial charge is 0.386 e. The number of aromatic nitrogens is 1. The second-order valence-electron chi connectivity index (χ2n) is 11.3. The van der Waals surface area contributed by atoms with Gasteiger partial charge in [-0.1, -0.05) is 30.3 Å². The molecule has 0 bridgehead atoms. The Morgan fingerprint density at radius 2 is 1.64 bits per heavy atom. The summed E-state index contributed by atoms with van der Waals surface area (Å²) in [5, 5.41) is 19.0. The highest BCUT2D eigenvalue weighted by Gasteiger charge is 2.37. The first kappa shape index (κ1) is 27.3. The van der Waals surface area contributed by atoms with Crippen LogP contribution in [0.4, 0.5) is 19.0 Å². The first-order valence-electron chi connectivity index (χ1n) is 13.6. The average Bonchev–Trinajstić information content (AvgIpc) is 3.34. The van der Waals surface area contributed by atoms with Crippen molar-refractivity contribution in [1.29, 1.82) is 5.41 Å². The van der Waals surface area contributed by atoms with E-state index in [1.165, 1.54) is 69.5 Å². The number of pyridine rings is 1. The summed E-state index contributed by atoms with van der Waals surface area (Å²) in [7, 11) is 0. The number of anilines is 1. The Morgan fingerprint density at radius 1 is 0.949 bits per heavy atom. The van der Waals surface area contributed by atoms with Crippen LogP contribution in [0.15, 0.2) is 48.7 Å². The Labute approximate surface area is 227 Å². The molecule has 1 saturated heterocycles. The minimum absolute atomic E-state index is 0.0517. The molecule has 5 rings (SSSR count). The molecule has 206 valence electrons. The second kappa shape index (κ2) is 10.4. The van der Waals surface area contributed by atoms with Crippen molar-refractivity contribution in [2.24, 2.45) is 0 Å². The van der Waals surface area contributed by atoms with E-state index < -0.39 is 17.3 Å². The van der Waals surface area contributed by atoms with Gasteiger partial charge in [-0.2, -0.15) is 13.2 Å². The molecule has 1 unspecified atom stereocenters. The average molecular weight is 537 g/mol. The lowest BCUT2D eigenvalue weighted by Crippen LogP contribution is -2.32. The van der Waals surface area contributed by atoms with Gasteiger partial charge in [0.05, 0.1) is 16.9 Å². The molecule has 1 aliphatic carbocycles. The molecule has 0 spiro atoms. The number of alkyl halides is 3. The predicted octanol–water partition coefficient (Wildman–Crippen LogP) is 6.34. The first-order valence-corrected chi connectivity index (χ1v) is 13.6. The summed E-state index contributed by atoms with van der Waals surface area (Å²) in [5.41, 5.74) is 7.76. The van der Waals surface area contributed by atoms with Gasteiger partial charge in [-0.05, 0) is 99.8 Å². The van der Waals surface area contributed by atoms with Crippen molar-refractivity contribution >= 4 is 11.5 Å². The Kier molecular flexibility index (Phi) is 7.29. The van der Waals surface area contributed by atoms with Crippen LogP contribution in [-0.4, -0.2) is 39.8 Å². The summed E-state index contributed by atoms with van der Waals surface area (Å²) in [6.45, 7) is 5.01. The van der Waals surface area contributed by atoms with Crippen LogP contribution in [0.3, 0.4) is 0 Å². The lowest BCUT2D eigenvalue weighted by molar-refractivity contribution is -0.140. The lowest BCUT2D eigenvalue weighted by Gasteiger charge is -2.26. The van der Waals surface area contributed by atoms with Crippen molar-refractivity contribution < 1.29 is 18.3 Å². The number of hydrogen-bond acceptors (Lipinski definition) is 5. The Hall–Kier alpha value is -3.23. The molecule has 5 nitrogen and oxygen atoms in total. The van der Waals surface area contributed by atoms with Crippen LogP contribution in [-0.2, 0) is 24.6 Å². The third-order valence-electron chi connectivity index (χ3n) is 8.15. The van der Waals surface area contributed by atoms with Crippen molar-refractivity contribution in [2.45, 2.75) is 70.2 Å². The fraction of sp³-hybridized carbons (Fsp3) is 0.419. The number of aryl methyl sites for hydroxylation is 2. The Bertz CT molecular complexity index is 1390. The van der Waals surface area contributed by atoms with E-state index in [9.17, 15) is 18.3 Å². The van der Waals surface area contributed by atoms with Crippen LogP contribution in [0.5, 0.6) is 0 Å². The number of fused-ring (bicyclic) bond motifs is 1. The number of halogens is 3. The zero-order valence-electron chi connectivity index (χ0n) is 22.4. The topological polar surface area (TPSA) is 86.2 Å². The number of rotatable bonds is 5. The van der Waals surface area contributed by atoms with Gasteiger partial charge in [0.15, 0.2) is 0 Å². The highest BCUT2D eigenvalue weighted by atomic mass is 19.4. The molecule has 4 N–H and O–H groups in total. The van der Waals surface area contributed by atoms with Crippen molar-refractivity contribution in [3.8, 4) is 11.1 Å². The molecule has 2 aromatic carbocycles. The van der Waals surface area contributed by atoms with E-state index in [0.29, 0.717) is 6.04 Å². The molecular formula is C31H35F3N4O. The minimum Gasteiger partial charge on any atom is -0.386 e. The van der Waals surface area contributed by atoms with E-state index in [4.69, 9.17) is 11.1 Å². The summed E-state index contributed by atoms with van der Waals surface area (Å²) in [5.74, 6) is 0.0760. The maximum Gasteiger partial charge on any atom is 0.416 e. The van der Waals surface area contributed by atoms with Crippen molar-refractivity contribution in [3.63, 3.8) is 0 Å². The zero-order valence-corrected chi connectivity index (χ0v) is 22.4.